The van der Waals surface area contributed by atoms with E-state index in [1.165, 1.54) is 7.11 Å². The van der Waals surface area contributed by atoms with Crippen molar-refractivity contribution in [2.24, 2.45) is 0 Å². The minimum absolute atomic E-state index is 0.0971. The molecule has 0 spiro atoms. The number of nitrogens with zero attached hydrogens (tertiary/aromatic N) is 2. The number of amides is 2. The van der Waals surface area contributed by atoms with E-state index in [2.05, 4.69) is 0 Å². The first-order valence-electron chi connectivity index (χ1n) is 17.8. The largest absolute Gasteiger partial charge is 0.467 e. The van der Waals surface area contributed by atoms with E-state index >= 15 is 0 Å². The first-order valence-corrected chi connectivity index (χ1v) is 18.5. The Hall–Kier alpha value is -3.09. The van der Waals surface area contributed by atoms with E-state index in [0.717, 1.165) is 11.1 Å². The summed E-state index contributed by atoms with van der Waals surface area (Å²) in [5.41, 5.74) is -0.0714. The van der Waals surface area contributed by atoms with Crippen LogP contribution in [0, 0.1) is 0 Å². The Balaban J connectivity index is 0.000000281. The Labute approximate surface area is 318 Å². The highest BCUT2D eigenvalue weighted by atomic mass is 35.5. The molecule has 2 amide bonds. The van der Waals surface area contributed by atoms with Gasteiger partial charge < -0.3 is 28.8 Å². The lowest BCUT2D eigenvalue weighted by molar-refractivity contribution is -0.162. The van der Waals surface area contributed by atoms with Gasteiger partial charge in [-0.2, -0.15) is 0 Å². The molecule has 1 N–H and O–H groups in total. The predicted octanol–water partition coefficient (Wildman–Crippen LogP) is 7.50. The van der Waals surface area contributed by atoms with Crippen molar-refractivity contribution in [1.82, 2.24) is 9.80 Å². The number of esters is 1. The second-order valence-corrected chi connectivity index (χ2v) is 16.1. The number of hydrogen-bond donors (Lipinski definition) is 1. The maximum absolute atomic E-state index is 12.9. The van der Waals surface area contributed by atoms with E-state index < -0.39 is 41.1 Å². The number of ether oxygens (including phenoxy) is 5. The van der Waals surface area contributed by atoms with Gasteiger partial charge in [0.1, 0.15) is 17.3 Å². The van der Waals surface area contributed by atoms with Gasteiger partial charge in [-0.25, -0.2) is 14.4 Å². The molecule has 0 unspecified atom stereocenters. The van der Waals surface area contributed by atoms with Crippen molar-refractivity contribution >= 4 is 41.4 Å². The van der Waals surface area contributed by atoms with E-state index in [1.807, 2.05) is 71.0 Å². The van der Waals surface area contributed by atoms with Crippen molar-refractivity contribution in [2.45, 2.75) is 122 Å². The van der Waals surface area contributed by atoms with Crippen LogP contribution in [-0.4, -0.2) is 108 Å². The third kappa shape index (κ3) is 13.1. The summed E-state index contributed by atoms with van der Waals surface area (Å²) >= 11 is 11.9. The van der Waals surface area contributed by atoms with E-state index in [9.17, 15) is 19.5 Å². The third-order valence-corrected chi connectivity index (χ3v) is 9.40. The Bertz CT molecular complexity index is 1450. The van der Waals surface area contributed by atoms with Crippen LogP contribution in [0.2, 0.25) is 10.0 Å². The first kappa shape index (κ1) is 43.3. The molecule has 13 heteroatoms. The smallest absolute Gasteiger partial charge is 0.410 e. The second-order valence-electron chi connectivity index (χ2n) is 15.2. The Kier molecular flexibility index (Phi) is 15.7. The SMILES string of the molecule is CCC(O)(CC)[C@H]1CN(C(=O)OC(C)(C)C)[C@@H](Cc2ccc(Cl)cc2)CO1.COC(=O)[C@H]1CN(C(=O)OC(C)(C)C)[C@@H](Cc2ccc(Cl)cc2)CO1. The lowest BCUT2D eigenvalue weighted by Crippen LogP contribution is -2.60. The molecule has 2 fully saturated rings. The number of hydrogen-bond acceptors (Lipinski definition) is 9. The quantitative estimate of drug-likeness (QED) is 0.215. The van der Waals surface area contributed by atoms with Crippen molar-refractivity contribution in [1.29, 1.82) is 0 Å². The Morgan fingerprint density at radius 1 is 0.731 bits per heavy atom. The summed E-state index contributed by atoms with van der Waals surface area (Å²) in [6.45, 7) is 15.8. The molecule has 11 nitrogen and oxygen atoms in total. The van der Waals surface area contributed by atoms with Crippen LogP contribution in [0.1, 0.15) is 79.4 Å². The molecule has 2 aliphatic rings. The minimum Gasteiger partial charge on any atom is -0.467 e. The van der Waals surface area contributed by atoms with Gasteiger partial charge in [-0.15, -0.1) is 0 Å². The number of carbonyl (C=O) groups excluding carboxylic acids is 3. The molecule has 0 bridgehead atoms. The van der Waals surface area contributed by atoms with Crippen LogP contribution >= 0.6 is 23.2 Å². The summed E-state index contributed by atoms with van der Waals surface area (Å²) in [6, 6.07) is 14.6. The molecule has 4 atom stereocenters. The van der Waals surface area contributed by atoms with Gasteiger partial charge in [-0.1, -0.05) is 61.3 Å². The molecule has 0 aromatic heterocycles. The first-order chi connectivity index (χ1) is 24.3. The minimum atomic E-state index is -0.953. The molecular weight excluding hydrogens is 711 g/mol. The summed E-state index contributed by atoms with van der Waals surface area (Å²) in [5.74, 6) is -0.501. The number of aliphatic hydroxyl groups is 1. The molecule has 0 radical (unpaired) electrons. The third-order valence-electron chi connectivity index (χ3n) is 8.90. The lowest BCUT2D eigenvalue weighted by Gasteiger charge is -2.45. The van der Waals surface area contributed by atoms with E-state index in [4.69, 9.17) is 46.9 Å². The zero-order chi connectivity index (χ0) is 38.9. The van der Waals surface area contributed by atoms with Crippen LogP contribution in [0.4, 0.5) is 9.59 Å². The van der Waals surface area contributed by atoms with Crippen molar-refractivity contribution < 1.29 is 43.2 Å². The van der Waals surface area contributed by atoms with Crippen molar-refractivity contribution in [2.75, 3.05) is 33.4 Å². The van der Waals surface area contributed by atoms with Crippen LogP contribution < -0.4 is 0 Å². The highest BCUT2D eigenvalue weighted by molar-refractivity contribution is 6.30. The van der Waals surface area contributed by atoms with Crippen LogP contribution in [0.25, 0.3) is 0 Å². The van der Waals surface area contributed by atoms with E-state index in [-0.39, 0.29) is 31.3 Å². The van der Waals surface area contributed by atoms with Crippen molar-refractivity contribution in [3.63, 3.8) is 0 Å². The van der Waals surface area contributed by atoms with Crippen molar-refractivity contribution in [3.8, 4) is 0 Å². The maximum Gasteiger partial charge on any atom is 0.410 e. The zero-order valence-electron chi connectivity index (χ0n) is 31.9. The Morgan fingerprint density at radius 3 is 1.52 bits per heavy atom. The zero-order valence-corrected chi connectivity index (χ0v) is 33.5. The molecule has 290 valence electrons. The summed E-state index contributed by atoms with van der Waals surface area (Å²) < 4.78 is 27.5. The highest BCUT2D eigenvalue weighted by Gasteiger charge is 2.43. The fraction of sp³-hybridized carbons (Fsp3) is 0.615. The van der Waals surface area contributed by atoms with Crippen molar-refractivity contribution in [3.05, 3.63) is 69.7 Å². The van der Waals surface area contributed by atoms with Gasteiger partial charge >= 0.3 is 18.2 Å². The number of morpholine rings is 2. The Morgan fingerprint density at radius 2 is 1.13 bits per heavy atom. The van der Waals surface area contributed by atoms with E-state index in [0.29, 0.717) is 48.9 Å². The number of rotatable bonds is 8. The van der Waals surface area contributed by atoms with Gasteiger partial charge in [0.05, 0.1) is 51.1 Å². The van der Waals surface area contributed by atoms with Crippen LogP contribution in [0.5, 0.6) is 0 Å². The lowest BCUT2D eigenvalue weighted by atomic mass is 9.88. The summed E-state index contributed by atoms with van der Waals surface area (Å²) in [6.07, 6.45) is 0.272. The number of halogens is 2. The fourth-order valence-electron chi connectivity index (χ4n) is 5.91. The monoisotopic (exact) mass is 766 g/mol. The average Bonchev–Trinajstić information content (AvgIpc) is 3.08. The highest BCUT2D eigenvalue weighted by Crippen LogP contribution is 2.29. The second kappa shape index (κ2) is 18.8. The summed E-state index contributed by atoms with van der Waals surface area (Å²) in [7, 11) is 1.29. The fourth-order valence-corrected chi connectivity index (χ4v) is 6.16. The van der Waals surface area contributed by atoms with Crippen LogP contribution in [0.15, 0.2) is 48.5 Å². The van der Waals surface area contributed by atoms with Gasteiger partial charge in [0.15, 0.2) is 6.10 Å². The molecule has 0 aliphatic carbocycles. The molecule has 2 aromatic carbocycles. The average molecular weight is 768 g/mol. The maximum atomic E-state index is 12.9. The van der Waals surface area contributed by atoms with Gasteiger partial charge in [-0.05, 0) is 103 Å². The van der Waals surface area contributed by atoms with Gasteiger partial charge in [0.25, 0.3) is 0 Å². The predicted molar refractivity (Wildman–Crippen MR) is 201 cm³/mol. The van der Waals surface area contributed by atoms with Crippen LogP contribution in [0.3, 0.4) is 0 Å². The van der Waals surface area contributed by atoms with Gasteiger partial charge in [-0.3, -0.25) is 9.80 Å². The number of benzene rings is 2. The molecule has 2 saturated heterocycles. The number of carbonyl (C=O) groups is 3. The molecule has 52 heavy (non-hydrogen) atoms. The standard InChI is InChI=1S/C21H32ClNO4.C18H24ClNO5/c1-6-21(25,7-2)18-13-23(19(24)27-20(3,4)5)17(14-26-18)12-15-8-10-16(22)11-9-15;1-18(2,3)25-17(22)20-10-15(16(21)23-4)24-11-14(20)9-12-5-7-13(19)8-6-12/h8-11,17-18,25H,6-7,12-14H2,1-5H3;5-8,14-15H,9-11H2,1-4H3/t17-,18+;14-,15+/m00/s1. The molecule has 2 aromatic rings. The molecule has 2 aliphatic heterocycles. The molecule has 0 saturated carbocycles. The normalized spacial score (nSPS) is 21.1. The van der Waals surface area contributed by atoms with Gasteiger partial charge in [0, 0.05) is 10.0 Å². The molecule has 4 rings (SSSR count). The number of methoxy groups -OCH3 is 1. The topological polar surface area (TPSA) is 124 Å². The molecule has 2 heterocycles. The summed E-state index contributed by atoms with van der Waals surface area (Å²) in [5, 5.41) is 12.2. The van der Waals surface area contributed by atoms with E-state index in [1.54, 1.807) is 42.7 Å². The molecular formula is C39H56Cl2N2O9. The summed E-state index contributed by atoms with van der Waals surface area (Å²) in [4.78, 5) is 40.5. The van der Waals surface area contributed by atoms with Gasteiger partial charge in [0.2, 0.25) is 0 Å². The van der Waals surface area contributed by atoms with Crippen LogP contribution in [-0.2, 0) is 41.3 Å².